The third-order valence-electron chi connectivity index (χ3n) is 7.73. The summed E-state index contributed by atoms with van der Waals surface area (Å²) in [6, 6.07) is 4.59. The number of aromatic nitrogens is 2. The molecule has 2 saturated carbocycles. The SMILES string of the molecule is COc1cc(C(=O)NC2CC(F)(F)C2)ccc1Nc1ncc2c(n1)N(C1CCCC1)CC(C)(C)C(=O)N2C. The molecule has 2 fully saturated rings. The molecule has 1 aromatic heterocycles. The van der Waals surface area contributed by atoms with Gasteiger partial charge in [-0.15, -0.1) is 0 Å². The zero-order valence-electron chi connectivity index (χ0n) is 22.2. The molecule has 1 aliphatic heterocycles. The molecule has 0 atom stereocenters. The summed E-state index contributed by atoms with van der Waals surface area (Å²) >= 11 is 0. The number of ether oxygens (including phenoxy) is 1. The van der Waals surface area contributed by atoms with Gasteiger partial charge in [0.25, 0.3) is 11.8 Å². The number of rotatable bonds is 6. The van der Waals surface area contributed by atoms with Crippen molar-refractivity contribution in [3.8, 4) is 5.75 Å². The average molecular weight is 529 g/mol. The molecule has 204 valence electrons. The molecule has 0 unspecified atom stereocenters. The number of carbonyl (C=O) groups is 2. The van der Waals surface area contributed by atoms with E-state index in [0.717, 1.165) is 25.7 Å². The number of benzene rings is 1. The fraction of sp³-hybridized carbons (Fsp3) is 0.556. The molecule has 2 aliphatic carbocycles. The van der Waals surface area contributed by atoms with Gasteiger partial charge < -0.3 is 25.2 Å². The Balaban J connectivity index is 1.40. The number of methoxy groups -OCH3 is 1. The van der Waals surface area contributed by atoms with Crippen LogP contribution in [0.4, 0.5) is 31.9 Å². The summed E-state index contributed by atoms with van der Waals surface area (Å²) in [5.74, 6) is -1.69. The highest BCUT2D eigenvalue weighted by Crippen LogP contribution is 2.41. The molecule has 2 N–H and O–H groups in total. The van der Waals surface area contributed by atoms with E-state index in [9.17, 15) is 18.4 Å². The fourth-order valence-electron chi connectivity index (χ4n) is 5.61. The molecule has 9 nitrogen and oxygen atoms in total. The maximum Gasteiger partial charge on any atom is 0.252 e. The third kappa shape index (κ3) is 4.98. The van der Waals surface area contributed by atoms with E-state index in [1.807, 2.05) is 13.8 Å². The van der Waals surface area contributed by atoms with Crippen LogP contribution in [0.5, 0.6) is 5.75 Å². The minimum absolute atomic E-state index is 0.0183. The molecule has 5 rings (SSSR count). The lowest BCUT2D eigenvalue weighted by molar-refractivity contribution is -0.125. The van der Waals surface area contributed by atoms with Crippen LogP contribution < -0.4 is 25.2 Å². The van der Waals surface area contributed by atoms with Crippen molar-refractivity contribution in [2.45, 2.75) is 70.4 Å². The van der Waals surface area contributed by atoms with Crippen LogP contribution in [-0.4, -0.2) is 60.5 Å². The number of carbonyl (C=O) groups excluding carboxylic acids is 2. The molecular weight excluding hydrogens is 494 g/mol. The summed E-state index contributed by atoms with van der Waals surface area (Å²) in [5.41, 5.74) is 0.935. The fourth-order valence-corrected chi connectivity index (χ4v) is 5.61. The Morgan fingerprint density at radius 3 is 2.55 bits per heavy atom. The number of nitrogens with zero attached hydrogens (tertiary/aromatic N) is 4. The van der Waals surface area contributed by atoms with Gasteiger partial charge in [0.05, 0.1) is 24.4 Å². The zero-order chi connectivity index (χ0) is 27.2. The van der Waals surface area contributed by atoms with E-state index in [1.165, 1.54) is 7.11 Å². The van der Waals surface area contributed by atoms with Crippen LogP contribution in [0, 0.1) is 5.41 Å². The Bertz CT molecular complexity index is 1240. The minimum atomic E-state index is -2.71. The van der Waals surface area contributed by atoms with Crippen molar-refractivity contribution in [3.63, 3.8) is 0 Å². The maximum atomic E-state index is 13.2. The lowest BCUT2D eigenvalue weighted by Gasteiger charge is -2.35. The third-order valence-corrected chi connectivity index (χ3v) is 7.73. The number of alkyl halides is 2. The van der Waals surface area contributed by atoms with Crippen LogP contribution in [0.25, 0.3) is 0 Å². The van der Waals surface area contributed by atoms with E-state index in [-0.39, 0.29) is 18.7 Å². The second kappa shape index (κ2) is 9.67. The van der Waals surface area contributed by atoms with Gasteiger partial charge in [0, 0.05) is 44.1 Å². The molecule has 2 aromatic rings. The normalized spacial score (nSPS) is 20.9. The lowest BCUT2D eigenvalue weighted by Crippen LogP contribution is -2.50. The topological polar surface area (TPSA) is 99.7 Å². The number of hydrogen-bond acceptors (Lipinski definition) is 7. The van der Waals surface area contributed by atoms with Gasteiger partial charge in [-0.05, 0) is 44.9 Å². The molecule has 3 aliphatic rings. The van der Waals surface area contributed by atoms with Crippen molar-refractivity contribution in [1.82, 2.24) is 15.3 Å². The number of anilines is 4. The molecule has 0 saturated heterocycles. The van der Waals surface area contributed by atoms with E-state index in [0.29, 0.717) is 47.0 Å². The number of fused-ring (bicyclic) bond motifs is 1. The Morgan fingerprint density at radius 1 is 1.18 bits per heavy atom. The Kier molecular flexibility index (Phi) is 6.65. The Morgan fingerprint density at radius 2 is 1.89 bits per heavy atom. The van der Waals surface area contributed by atoms with E-state index in [4.69, 9.17) is 9.72 Å². The standard InChI is InChI=1S/C27H34F2N6O3/c1-26(2)15-35(18-7-5-6-8-18)22-20(34(3)24(26)37)14-30-25(33-22)32-19-10-9-16(11-21(19)38-4)23(36)31-17-12-27(28,29)13-17/h9-11,14,17-18H,5-8,12-13,15H2,1-4H3,(H,31,36)(H,30,32,33). The number of hydrogen-bond donors (Lipinski definition) is 2. The number of amides is 2. The predicted octanol–water partition coefficient (Wildman–Crippen LogP) is 4.51. The monoisotopic (exact) mass is 528 g/mol. The van der Waals surface area contributed by atoms with E-state index in [2.05, 4.69) is 20.5 Å². The van der Waals surface area contributed by atoms with Gasteiger partial charge in [-0.2, -0.15) is 4.98 Å². The summed E-state index contributed by atoms with van der Waals surface area (Å²) in [6.45, 7) is 4.49. The lowest BCUT2D eigenvalue weighted by atomic mass is 9.88. The summed E-state index contributed by atoms with van der Waals surface area (Å²) in [5, 5.41) is 5.82. The highest BCUT2D eigenvalue weighted by atomic mass is 19.3. The van der Waals surface area contributed by atoms with Crippen LogP contribution in [-0.2, 0) is 4.79 Å². The molecule has 38 heavy (non-hydrogen) atoms. The summed E-state index contributed by atoms with van der Waals surface area (Å²) in [6.07, 6.45) is 5.37. The van der Waals surface area contributed by atoms with Gasteiger partial charge in [-0.1, -0.05) is 12.8 Å². The van der Waals surface area contributed by atoms with Crippen LogP contribution in [0.3, 0.4) is 0 Å². The first-order valence-electron chi connectivity index (χ1n) is 13.0. The Hall–Kier alpha value is -3.50. The average Bonchev–Trinajstić information content (AvgIpc) is 3.38. The second-order valence-corrected chi connectivity index (χ2v) is 11.2. The van der Waals surface area contributed by atoms with Crippen LogP contribution in [0.15, 0.2) is 24.4 Å². The largest absolute Gasteiger partial charge is 0.495 e. The second-order valence-electron chi connectivity index (χ2n) is 11.2. The first-order chi connectivity index (χ1) is 18.0. The van der Waals surface area contributed by atoms with Crippen LogP contribution >= 0.6 is 0 Å². The van der Waals surface area contributed by atoms with E-state index >= 15 is 0 Å². The number of nitrogens with one attached hydrogen (secondary N) is 2. The first kappa shape index (κ1) is 26.1. The molecule has 2 amide bonds. The molecule has 11 heteroatoms. The summed E-state index contributed by atoms with van der Waals surface area (Å²) < 4.78 is 31.7. The Labute approximate surface area is 221 Å². The van der Waals surface area contributed by atoms with Crippen LogP contribution in [0.1, 0.15) is 62.7 Å². The van der Waals surface area contributed by atoms with Gasteiger partial charge in [0.15, 0.2) is 5.82 Å². The maximum absolute atomic E-state index is 13.2. The highest BCUT2D eigenvalue weighted by Gasteiger charge is 2.46. The molecule has 1 aromatic carbocycles. The van der Waals surface area contributed by atoms with E-state index in [1.54, 1.807) is 36.3 Å². The zero-order valence-corrected chi connectivity index (χ0v) is 22.2. The van der Waals surface area contributed by atoms with Crippen molar-refractivity contribution in [2.75, 3.05) is 35.8 Å². The highest BCUT2D eigenvalue weighted by molar-refractivity contribution is 6.01. The van der Waals surface area contributed by atoms with Crippen molar-refractivity contribution in [3.05, 3.63) is 30.0 Å². The van der Waals surface area contributed by atoms with E-state index < -0.39 is 23.3 Å². The smallest absolute Gasteiger partial charge is 0.252 e. The van der Waals surface area contributed by atoms with Crippen LogP contribution in [0.2, 0.25) is 0 Å². The van der Waals surface area contributed by atoms with Crippen molar-refractivity contribution >= 4 is 35.0 Å². The molecular formula is C27H34F2N6O3. The van der Waals surface area contributed by atoms with Gasteiger partial charge >= 0.3 is 0 Å². The summed E-state index contributed by atoms with van der Waals surface area (Å²) in [4.78, 5) is 39.0. The molecule has 0 radical (unpaired) electrons. The molecule has 0 spiro atoms. The molecule has 2 heterocycles. The van der Waals surface area contributed by atoms with Gasteiger partial charge in [0.1, 0.15) is 11.4 Å². The van der Waals surface area contributed by atoms with Crippen molar-refractivity contribution in [2.24, 2.45) is 5.41 Å². The minimum Gasteiger partial charge on any atom is -0.495 e. The van der Waals surface area contributed by atoms with Crippen molar-refractivity contribution < 1.29 is 23.1 Å². The van der Waals surface area contributed by atoms with Gasteiger partial charge in [-0.3, -0.25) is 9.59 Å². The predicted molar refractivity (Wildman–Crippen MR) is 141 cm³/mol. The first-order valence-corrected chi connectivity index (χ1v) is 13.0. The number of halogens is 2. The summed E-state index contributed by atoms with van der Waals surface area (Å²) in [7, 11) is 3.24. The quantitative estimate of drug-likeness (QED) is 0.569. The van der Waals surface area contributed by atoms with Gasteiger partial charge in [-0.25, -0.2) is 13.8 Å². The molecule has 0 bridgehead atoms. The van der Waals surface area contributed by atoms with Gasteiger partial charge in [0.2, 0.25) is 11.9 Å². The van der Waals surface area contributed by atoms with Crippen molar-refractivity contribution in [1.29, 1.82) is 0 Å².